The SMILES string of the molecule is O=C(O)C1COCCN1C(=O)CC=Cc1ccc(F)cc1. The molecule has 112 valence electrons. The number of morpholine rings is 1. The number of halogens is 1. The van der Waals surface area contributed by atoms with E-state index in [0.717, 1.165) is 5.56 Å². The van der Waals surface area contributed by atoms with E-state index in [2.05, 4.69) is 0 Å². The molecule has 0 radical (unpaired) electrons. The van der Waals surface area contributed by atoms with Crippen LogP contribution in [-0.4, -0.2) is 47.7 Å². The van der Waals surface area contributed by atoms with Crippen LogP contribution in [0.2, 0.25) is 0 Å². The number of amides is 1. The summed E-state index contributed by atoms with van der Waals surface area (Å²) in [6.45, 7) is 0.639. The number of rotatable bonds is 4. The van der Waals surface area contributed by atoms with Gasteiger partial charge in [0.2, 0.25) is 5.91 Å². The number of nitrogens with zero attached hydrogens (tertiary/aromatic N) is 1. The highest BCUT2D eigenvalue weighted by atomic mass is 19.1. The molecule has 1 N–H and O–H groups in total. The van der Waals surface area contributed by atoms with Crippen molar-refractivity contribution in [2.24, 2.45) is 0 Å². The number of carbonyl (C=O) groups is 2. The summed E-state index contributed by atoms with van der Waals surface area (Å²) >= 11 is 0. The van der Waals surface area contributed by atoms with Gasteiger partial charge in [0.1, 0.15) is 5.82 Å². The van der Waals surface area contributed by atoms with E-state index in [1.165, 1.54) is 17.0 Å². The lowest BCUT2D eigenvalue weighted by atomic mass is 10.1. The molecule has 1 atom stereocenters. The third kappa shape index (κ3) is 4.13. The molecule has 0 bridgehead atoms. The fraction of sp³-hybridized carbons (Fsp3) is 0.333. The molecule has 2 rings (SSSR count). The normalized spacial score (nSPS) is 18.9. The van der Waals surface area contributed by atoms with Gasteiger partial charge in [0.05, 0.1) is 13.2 Å². The van der Waals surface area contributed by atoms with Crippen molar-refractivity contribution >= 4 is 18.0 Å². The number of carbonyl (C=O) groups excluding carboxylic acids is 1. The van der Waals surface area contributed by atoms with E-state index in [0.29, 0.717) is 6.61 Å². The fourth-order valence-corrected chi connectivity index (χ4v) is 2.09. The largest absolute Gasteiger partial charge is 0.480 e. The molecular formula is C15H16FNO4. The zero-order valence-corrected chi connectivity index (χ0v) is 11.4. The summed E-state index contributed by atoms with van der Waals surface area (Å²) in [7, 11) is 0. The quantitative estimate of drug-likeness (QED) is 0.914. The number of benzene rings is 1. The third-order valence-corrected chi connectivity index (χ3v) is 3.21. The van der Waals surface area contributed by atoms with Crippen molar-refractivity contribution in [1.29, 1.82) is 0 Å². The minimum atomic E-state index is -1.06. The molecule has 5 nitrogen and oxygen atoms in total. The lowest BCUT2D eigenvalue weighted by molar-refractivity contribution is -0.157. The number of carboxylic acids is 1. The molecule has 1 unspecified atom stereocenters. The van der Waals surface area contributed by atoms with Crippen LogP contribution in [0.25, 0.3) is 6.08 Å². The second-order valence-electron chi connectivity index (χ2n) is 4.67. The van der Waals surface area contributed by atoms with Gasteiger partial charge in [-0.3, -0.25) is 4.79 Å². The van der Waals surface area contributed by atoms with Crippen LogP contribution in [-0.2, 0) is 14.3 Å². The molecular weight excluding hydrogens is 277 g/mol. The van der Waals surface area contributed by atoms with E-state index in [-0.39, 0.29) is 31.3 Å². The molecule has 1 aliphatic heterocycles. The molecule has 0 spiro atoms. The van der Waals surface area contributed by atoms with Crippen molar-refractivity contribution in [2.45, 2.75) is 12.5 Å². The van der Waals surface area contributed by atoms with Crippen LogP contribution in [0.3, 0.4) is 0 Å². The number of aliphatic carboxylic acids is 1. The number of hydrogen-bond donors (Lipinski definition) is 1. The maximum Gasteiger partial charge on any atom is 0.328 e. The van der Waals surface area contributed by atoms with Gasteiger partial charge in [-0.05, 0) is 17.7 Å². The molecule has 0 saturated carbocycles. The minimum Gasteiger partial charge on any atom is -0.480 e. The minimum absolute atomic E-state index is 0.0166. The van der Waals surface area contributed by atoms with Gasteiger partial charge in [-0.15, -0.1) is 0 Å². The van der Waals surface area contributed by atoms with E-state index in [1.807, 2.05) is 0 Å². The molecule has 1 amide bonds. The zero-order valence-electron chi connectivity index (χ0n) is 11.4. The van der Waals surface area contributed by atoms with Gasteiger partial charge in [-0.2, -0.15) is 0 Å². The van der Waals surface area contributed by atoms with Crippen molar-refractivity contribution in [3.8, 4) is 0 Å². The summed E-state index contributed by atoms with van der Waals surface area (Å²) in [5.41, 5.74) is 0.779. The van der Waals surface area contributed by atoms with Crippen LogP contribution >= 0.6 is 0 Å². The molecule has 1 aromatic rings. The monoisotopic (exact) mass is 293 g/mol. The standard InChI is InChI=1S/C15H16FNO4/c16-12-6-4-11(5-7-12)2-1-3-14(18)17-8-9-21-10-13(17)15(19)20/h1-2,4-7,13H,3,8-10H2,(H,19,20). The van der Waals surface area contributed by atoms with Crippen LogP contribution < -0.4 is 0 Å². The Labute approximate surface area is 121 Å². The lowest BCUT2D eigenvalue weighted by Crippen LogP contribution is -2.52. The Hall–Kier alpha value is -2.21. The van der Waals surface area contributed by atoms with E-state index < -0.39 is 12.0 Å². The molecule has 0 aliphatic carbocycles. The lowest BCUT2D eigenvalue weighted by Gasteiger charge is -2.32. The Morgan fingerprint density at radius 3 is 2.76 bits per heavy atom. The Bertz CT molecular complexity index is 541. The predicted octanol–water partition coefficient (Wildman–Crippen LogP) is 1.54. The molecule has 1 fully saturated rings. The van der Waals surface area contributed by atoms with Crippen LogP contribution in [0.4, 0.5) is 4.39 Å². The van der Waals surface area contributed by atoms with Crippen LogP contribution in [0.5, 0.6) is 0 Å². The summed E-state index contributed by atoms with van der Waals surface area (Å²) in [5.74, 6) is -1.64. The summed E-state index contributed by atoms with van der Waals surface area (Å²) in [4.78, 5) is 24.4. The predicted molar refractivity (Wildman–Crippen MR) is 74.0 cm³/mol. The van der Waals surface area contributed by atoms with Crippen molar-refractivity contribution in [3.05, 3.63) is 41.7 Å². The van der Waals surface area contributed by atoms with Gasteiger partial charge in [0.25, 0.3) is 0 Å². The molecule has 1 aromatic carbocycles. The van der Waals surface area contributed by atoms with Crippen molar-refractivity contribution in [3.63, 3.8) is 0 Å². The second kappa shape index (κ2) is 6.99. The maximum atomic E-state index is 12.7. The van der Waals surface area contributed by atoms with Gasteiger partial charge in [-0.25, -0.2) is 9.18 Å². The molecule has 6 heteroatoms. The van der Waals surface area contributed by atoms with E-state index in [1.54, 1.807) is 24.3 Å². The smallest absolute Gasteiger partial charge is 0.328 e. The molecule has 1 saturated heterocycles. The topological polar surface area (TPSA) is 66.8 Å². The first-order valence-electron chi connectivity index (χ1n) is 6.60. The maximum absolute atomic E-state index is 12.7. The van der Waals surface area contributed by atoms with Gasteiger partial charge < -0.3 is 14.7 Å². The highest BCUT2D eigenvalue weighted by molar-refractivity contribution is 5.85. The Balaban J connectivity index is 1.94. The first-order chi connectivity index (χ1) is 10.1. The summed E-state index contributed by atoms with van der Waals surface area (Å²) < 4.78 is 17.8. The third-order valence-electron chi connectivity index (χ3n) is 3.21. The summed E-state index contributed by atoms with van der Waals surface area (Å²) in [6, 6.07) is 4.95. The number of carboxylic acid groups (broad SMARTS) is 1. The molecule has 21 heavy (non-hydrogen) atoms. The van der Waals surface area contributed by atoms with E-state index >= 15 is 0 Å². The number of ether oxygens (including phenoxy) is 1. The molecule has 1 aliphatic rings. The Morgan fingerprint density at radius 1 is 1.38 bits per heavy atom. The highest BCUT2D eigenvalue weighted by Crippen LogP contribution is 2.11. The molecule has 1 heterocycles. The van der Waals surface area contributed by atoms with Crippen LogP contribution in [0, 0.1) is 5.82 Å². The first kappa shape index (κ1) is 15.2. The van der Waals surface area contributed by atoms with Crippen molar-refractivity contribution in [1.82, 2.24) is 4.90 Å². The first-order valence-corrected chi connectivity index (χ1v) is 6.60. The summed E-state index contributed by atoms with van der Waals surface area (Å²) in [5, 5.41) is 9.06. The van der Waals surface area contributed by atoms with Gasteiger partial charge >= 0.3 is 5.97 Å². The van der Waals surface area contributed by atoms with Gasteiger partial charge in [-0.1, -0.05) is 24.3 Å². The average Bonchev–Trinajstić information content (AvgIpc) is 2.49. The van der Waals surface area contributed by atoms with Gasteiger partial charge in [0, 0.05) is 13.0 Å². The van der Waals surface area contributed by atoms with Crippen LogP contribution in [0.1, 0.15) is 12.0 Å². The fourth-order valence-electron chi connectivity index (χ4n) is 2.09. The van der Waals surface area contributed by atoms with Crippen molar-refractivity contribution in [2.75, 3.05) is 19.8 Å². The van der Waals surface area contributed by atoms with Crippen molar-refractivity contribution < 1.29 is 23.8 Å². The molecule has 0 aromatic heterocycles. The summed E-state index contributed by atoms with van der Waals surface area (Å²) in [6.07, 6.45) is 3.44. The Morgan fingerprint density at radius 2 is 2.10 bits per heavy atom. The second-order valence-corrected chi connectivity index (χ2v) is 4.67. The van der Waals surface area contributed by atoms with E-state index in [9.17, 15) is 14.0 Å². The number of hydrogen-bond acceptors (Lipinski definition) is 3. The zero-order chi connectivity index (χ0) is 15.2. The average molecular weight is 293 g/mol. The highest BCUT2D eigenvalue weighted by Gasteiger charge is 2.31. The van der Waals surface area contributed by atoms with E-state index in [4.69, 9.17) is 9.84 Å². The van der Waals surface area contributed by atoms with Crippen LogP contribution in [0.15, 0.2) is 30.3 Å². The van der Waals surface area contributed by atoms with Gasteiger partial charge in [0.15, 0.2) is 6.04 Å². The Kier molecular flexibility index (Phi) is 5.05.